The Morgan fingerprint density at radius 3 is 2.64 bits per heavy atom. The lowest BCUT2D eigenvalue weighted by molar-refractivity contribution is -0.153. The van der Waals surface area contributed by atoms with Gasteiger partial charge >= 0.3 is 5.97 Å². The third-order valence-corrected chi connectivity index (χ3v) is 7.74. The summed E-state index contributed by atoms with van der Waals surface area (Å²) in [6.07, 6.45) is 6.74. The van der Waals surface area contributed by atoms with Crippen LogP contribution in [0.3, 0.4) is 0 Å². The average molecular weight is 405 g/mol. The topological polar surface area (TPSA) is 86.7 Å². The molecule has 4 unspecified atom stereocenters. The van der Waals surface area contributed by atoms with Crippen molar-refractivity contribution in [1.82, 2.24) is 10.2 Å². The Morgan fingerprint density at radius 2 is 2.04 bits per heavy atom. The van der Waals surface area contributed by atoms with Gasteiger partial charge in [0.05, 0.1) is 17.9 Å². The third-order valence-electron chi connectivity index (χ3n) is 6.78. The standard InChI is InChI=1S/C21H28N2O4S/c1-2-3-11-21(20(26)27)16-15(17(22-21)14-10-7-12-28-14)18(24)23(19(16)25)13-8-5-4-6-9-13/h7,10,12-13,15-17,22H,2-6,8-9,11H2,1H3,(H,26,27). The van der Waals surface area contributed by atoms with E-state index in [2.05, 4.69) is 5.32 Å². The van der Waals surface area contributed by atoms with Crippen LogP contribution in [-0.4, -0.2) is 39.4 Å². The Kier molecular flexibility index (Phi) is 5.31. The van der Waals surface area contributed by atoms with E-state index < -0.39 is 29.4 Å². The summed E-state index contributed by atoms with van der Waals surface area (Å²) in [5.74, 6) is -2.90. The number of hydrogen-bond acceptors (Lipinski definition) is 5. The Hall–Kier alpha value is -1.73. The fourth-order valence-corrected chi connectivity index (χ4v) is 6.25. The summed E-state index contributed by atoms with van der Waals surface area (Å²) in [7, 11) is 0. The fraction of sp³-hybridized carbons (Fsp3) is 0.667. The molecule has 152 valence electrons. The lowest BCUT2D eigenvalue weighted by Crippen LogP contribution is -2.56. The van der Waals surface area contributed by atoms with E-state index in [1.807, 2.05) is 24.4 Å². The molecule has 1 aromatic heterocycles. The van der Waals surface area contributed by atoms with E-state index in [0.29, 0.717) is 12.8 Å². The van der Waals surface area contributed by atoms with Crippen molar-refractivity contribution in [3.63, 3.8) is 0 Å². The molecular formula is C21H28N2O4S. The molecule has 4 atom stereocenters. The number of carboxylic acids is 1. The van der Waals surface area contributed by atoms with Crippen LogP contribution < -0.4 is 5.32 Å². The SMILES string of the molecule is CCCCC1(C(=O)O)NC(c2cccs2)C2C(=O)N(C3CCCCC3)C(=O)C21. The number of aliphatic carboxylic acids is 1. The van der Waals surface area contributed by atoms with Gasteiger partial charge in [0.1, 0.15) is 5.54 Å². The van der Waals surface area contributed by atoms with Gasteiger partial charge in [-0.3, -0.25) is 24.6 Å². The molecule has 2 aliphatic heterocycles. The number of unbranched alkanes of at least 4 members (excludes halogenated alkanes) is 1. The number of fused-ring (bicyclic) bond motifs is 1. The number of nitrogens with zero attached hydrogens (tertiary/aromatic N) is 1. The third kappa shape index (κ3) is 2.90. The number of carbonyl (C=O) groups is 3. The van der Waals surface area contributed by atoms with Crippen LogP contribution >= 0.6 is 11.3 Å². The lowest BCUT2D eigenvalue weighted by Gasteiger charge is -2.34. The number of amides is 2. The lowest BCUT2D eigenvalue weighted by atomic mass is 9.77. The van der Waals surface area contributed by atoms with E-state index in [-0.39, 0.29) is 17.9 Å². The normalized spacial score (nSPS) is 33.5. The molecule has 1 aliphatic carbocycles. The van der Waals surface area contributed by atoms with Crippen LogP contribution in [0.5, 0.6) is 0 Å². The molecule has 0 bridgehead atoms. The highest BCUT2D eigenvalue weighted by Crippen LogP contribution is 2.52. The number of rotatable bonds is 6. The van der Waals surface area contributed by atoms with Gasteiger partial charge in [0.25, 0.3) is 0 Å². The second kappa shape index (κ2) is 7.59. The fourth-order valence-electron chi connectivity index (χ4n) is 5.43. The Labute approximate surface area is 169 Å². The predicted octanol–water partition coefficient (Wildman–Crippen LogP) is 3.34. The first-order chi connectivity index (χ1) is 13.5. The summed E-state index contributed by atoms with van der Waals surface area (Å²) in [6, 6.07) is 3.35. The number of carbonyl (C=O) groups excluding carboxylic acids is 2. The van der Waals surface area contributed by atoms with Crippen LogP contribution in [0.1, 0.15) is 69.2 Å². The molecule has 4 rings (SSSR count). The second-order valence-electron chi connectivity index (χ2n) is 8.36. The minimum Gasteiger partial charge on any atom is -0.480 e. The van der Waals surface area contributed by atoms with Gasteiger partial charge in [0.15, 0.2) is 0 Å². The highest BCUT2D eigenvalue weighted by atomic mass is 32.1. The number of likely N-dealkylation sites (tertiary alicyclic amines) is 1. The number of carboxylic acid groups (broad SMARTS) is 1. The quantitative estimate of drug-likeness (QED) is 0.710. The van der Waals surface area contributed by atoms with Crippen LogP contribution in [0.25, 0.3) is 0 Å². The molecule has 0 aromatic carbocycles. The van der Waals surface area contributed by atoms with Crippen molar-refractivity contribution in [2.24, 2.45) is 11.8 Å². The van der Waals surface area contributed by atoms with E-state index in [9.17, 15) is 19.5 Å². The minimum absolute atomic E-state index is 0.0685. The van der Waals surface area contributed by atoms with E-state index >= 15 is 0 Å². The number of thiophene rings is 1. The molecular weight excluding hydrogens is 376 g/mol. The maximum Gasteiger partial charge on any atom is 0.324 e. The molecule has 7 heteroatoms. The summed E-state index contributed by atoms with van der Waals surface area (Å²) in [6.45, 7) is 2.01. The molecule has 6 nitrogen and oxygen atoms in total. The molecule has 3 aliphatic rings. The molecule has 2 N–H and O–H groups in total. The molecule has 0 spiro atoms. The Bertz CT molecular complexity index is 758. The Morgan fingerprint density at radius 1 is 1.29 bits per heavy atom. The number of imide groups is 1. The molecule has 1 aromatic rings. The van der Waals surface area contributed by atoms with Gasteiger partial charge in [-0.1, -0.05) is 45.1 Å². The van der Waals surface area contributed by atoms with Crippen molar-refractivity contribution in [2.75, 3.05) is 0 Å². The average Bonchev–Trinajstić information content (AvgIpc) is 3.38. The smallest absolute Gasteiger partial charge is 0.324 e. The number of hydrogen-bond donors (Lipinski definition) is 2. The minimum atomic E-state index is -1.37. The van der Waals surface area contributed by atoms with Crippen LogP contribution in [0.4, 0.5) is 0 Å². The van der Waals surface area contributed by atoms with Gasteiger partial charge in [0, 0.05) is 10.9 Å². The van der Waals surface area contributed by atoms with Crippen LogP contribution in [0.15, 0.2) is 17.5 Å². The molecule has 3 heterocycles. The maximum absolute atomic E-state index is 13.5. The summed E-state index contributed by atoms with van der Waals surface area (Å²) < 4.78 is 0. The van der Waals surface area contributed by atoms with Crippen LogP contribution in [0, 0.1) is 11.8 Å². The second-order valence-corrected chi connectivity index (χ2v) is 9.34. The van der Waals surface area contributed by atoms with E-state index in [0.717, 1.165) is 43.4 Å². The first-order valence-corrected chi connectivity index (χ1v) is 11.3. The zero-order valence-electron chi connectivity index (χ0n) is 16.2. The van der Waals surface area contributed by atoms with Crippen molar-refractivity contribution < 1.29 is 19.5 Å². The van der Waals surface area contributed by atoms with Gasteiger partial charge in [-0.05, 0) is 30.7 Å². The maximum atomic E-state index is 13.5. The Balaban J connectivity index is 1.76. The molecule has 0 radical (unpaired) electrons. The van der Waals surface area contributed by atoms with Crippen molar-refractivity contribution in [1.29, 1.82) is 0 Å². The van der Waals surface area contributed by atoms with E-state index in [1.165, 1.54) is 16.2 Å². The van der Waals surface area contributed by atoms with Gasteiger partial charge in [0.2, 0.25) is 11.8 Å². The van der Waals surface area contributed by atoms with Gasteiger partial charge in [-0.15, -0.1) is 11.3 Å². The monoisotopic (exact) mass is 404 g/mol. The summed E-state index contributed by atoms with van der Waals surface area (Å²) in [5, 5.41) is 15.4. The van der Waals surface area contributed by atoms with Gasteiger partial charge in [-0.25, -0.2) is 0 Å². The van der Waals surface area contributed by atoms with E-state index in [4.69, 9.17) is 0 Å². The van der Waals surface area contributed by atoms with Crippen LogP contribution in [-0.2, 0) is 14.4 Å². The summed E-state index contributed by atoms with van der Waals surface area (Å²) in [4.78, 5) is 41.8. The summed E-state index contributed by atoms with van der Waals surface area (Å²) in [5.41, 5.74) is -1.37. The van der Waals surface area contributed by atoms with Crippen molar-refractivity contribution in [3.05, 3.63) is 22.4 Å². The first-order valence-electron chi connectivity index (χ1n) is 10.4. The van der Waals surface area contributed by atoms with Gasteiger partial charge in [-0.2, -0.15) is 0 Å². The van der Waals surface area contributed by atoms with Crippen molar-refractivity contribution in [2.45, 2.75) is 75.9 Å². The predicted molar refractivity (Wildman–Crippen MR) is 106 cm³/mol. The van der Waals surface area contributed by atoms with E-state index in [1.54, 1.807) is 0 Å². The molecule has 2 saturated heterocycles. The van der Waals surface area contributed by atoms with Crippen molar-refractivity contribution in [3.8, 4) is 0 Å². The highest BCUT2D eigenvalue weighted by Gasteiger charge is 2.68. The first kappa shape index (κ1) is 19.6. The zero-order chi connectivity index (χ0) is 19.9. The molecule has 2 amide bonds. The molecule has 3 fully saturated rings. The van der Waals surface area contributed by atoms with Crippen LogP contribution in [0.2, 0.25) is 0 Å². The summed E-state index contributed by atoms with van der Waals surface area (Å²) >= 11 is 1.51. The molecule has 1 saturated carbocycles. The number of nitrogens with one attached hydrogen (secondary N) is 1. The van der Waals surface area contributed by atoms with Gasteiger partial charge < -0.3 is 5.11 Å². The molecule has 28 heavy (non-hydrogen) atoms. The highest BCUT2D eigenvalue weighted by molar-refractivity contribution is 7.10. The van der Waals surface area contributed by atoms with Crippen molar-refractivity contribution >= 4 is 29.1 Å². The largest absolute Gasteiger partial charge is 0.480 e. The zero-order valence-corrected chi connectivity index (χ0v) is 17.0.